The van der Waals surface area contributed by atoms with Gasteiger partial charge in [-0.3, -0.25) is 24.0 Å². The third-order valence-corrected chi connectivity index (χ3v) is 6.79. The van der Waals surface area contributed by atoms with Crippen LogP contribution < -0.4 is 5.32 Å². The highest BCUT2D eigenvalue weighted by Crippen LogP contribution is 2.45. The van der Waals surface area contributed by atoms with E-state index in [1.807, 2.05) is 0 Å². The summed E-state index contributed by atoms with van der Waals surface area (Å²) < 4.78 is 32.9. The van der Waals surface area contributed by atoms with Crippen LogP contribution in [0.1, 0.15) is 41.0 Å². The molecule has 2 rings (SSSR count). The van der Waals surface area contributed by atoms with Gasteiger partial charge in [0.2, 0.25) is 10.8 Å². The molecule has 0 aliphatic carbocycles. The molecule has 1 amide bonds. The van der Waals surface area contributed by atoms with Crippen LogP contribution in [0.5, 0.6) is 0 Å². The molecule has 1 aliphatic rings. The normalized spacial score (nSPS) is 23.5. The second-order valence-corrected chi connectivity index (χ2v) is 10.2. The smallest absolute Gasteiger partial charge is 0.349 e. The number of carbonyl (C=O) groups is 6. The molecule has 13 nitrogen and oxygen atoms in total. The molecule has 1 fully saturated rings. The van der Waals surface area contributed by atoms with Gasteiger partial charge in [-0.05, 0) is 12.1 Å². The molecular formula is C26H33NO12S. The largest absolute Gasteiger partial charge is 0.466 e. The highest BCUT2D eigenvalue weighted by atomic mass is 32.2. The van der Waals surface area contributed by atoms with Crippen molar-refractivity contribution in [1.82, 2.24) is 5.32 Å². The van der Waals surface area contributed by atoms with Gasteiger partial charge >= 0.3 is 29.8 Å². The van der Waals surface area contributed by atoms with E-state index in [9.17, 15) is 28.8 Å². The van der Waals surface area contributed by atoms with Crippen molar-refractivity contribution in [2.45, 2.75) is 81.3 Å². The molecule has 0 unspecified atom stereocenters. The Balaban J connectivity index is 2.76. The zero-order valence-electron chi connectivity index (χ0n) is 23.0. The summed E-state index contributed by atoms with van der Waals surface area (Å²) in [5.74, 6) is -4.54. The first-order chi connectivity index (χ1) is 18.8. The van der Waals surface area contributed by atoms with E-state index in [1.54, 1.807) is 30.3 Å². The summed E-state index contributed by atoms with van der Waals surface area (Å²) in [6, 6.07) is 7.43. The maximum Gasteiger partial charge on any atom is 0.349 e. The Morgan fingerprint density at radius 1 is 0.950 bits per heavy atom. The van der Waals surface area contributed by atoms with Crippen LogP contribution in [0.4, 0.5) is 0 Å². The van der Waals surface area contributed by atoms with Crippen LogP contribution in [0.15, 0.2) is 35.2 Å². The molecule has 6 atom stereocenters. The molecule has 40 heavy (non-hydrogen) atoms. The quantitative estimate of drug-likeness (QED) is 0.292. The fourth-order valence-corrected chi connectivity index (χ4v) is 5.43. The molecule has 0 bridgehead atoms. The second-order valence-electron chi connectivity index (χ2n) is 8.84. The van der Waals surface area contributed by atoms with Gasteiger partial charge in [-0.1, -0.05) is 30.0 Å². The molecule has 1 aliphatic heterocycles. The van der Waals surface area contributed by atoms with Crippen LogP contribution in [-0.2, 0) is 57.2 Å². The van der Waals surface area contributed by atoms with Gasteiger partial charge in [0.05, 0.1) is 13.2 Å². The maximum atomic E-state index is 13.3. The lowest BCUT2D eigenvalue weighted by atomic mass is 9.89. The molecule has 1 aromatic carbocycles. The minimum atomic E-state index is -1.89. The van der Waals surface area contributed by atoms with E-state index in [2.05, 4.69) is 5.32 Å². The van der Waals surface area contributed by atoms with Gasteiger partial charge in [-0.2, -0.15) is 0 Å². The molecule has 1 heterocycles. The standard InChI is InChI=1S/C26H33NO12S/c1-14(28)27-22-20(36-16(3)30)12-26(25(33)34-6,40-19-10-8-7-9-11-19)39-24(22)23(38-18(5)32)21(37-17(4)31)13-35-15(2)29/h7-11,20-24H,12-13H2,1-6H3,(H,27,28)/t20-,21+,22+,23+,24-,26+/m0/s1. The van der Waals surface area contributed by atoms with Crippen molar-refractivity contribution >= 4 is 47.5 Å². The third-order valence-electron chi connectivity index (χ3n) is 5.52. The van der Waals surface area contributed by atoms with Crippen molar-refractivity contribution in [3.8, 4) is 0 Å². The fraction of sp³-hybridized carbons (Fsp3) is 0.538. The number of methoxy groups -OCH3 is 1. The van der Waals surface area contributed by atoms with Gasteiger partial charge in [0.15, 0.2) is 12.2 Å². The van der Waals surface area contributed by atoms with Gasteiger partial charge in [-0.25, -0.2) is 4.79 Å². The van der Waals surface area contributed by atoms with E-state index >= 15 is 0 Å². The van der Waals surface area contributed by atoms with Crippen LogP contribution in [0.25, 0.3) is 0 Å². The Hall–Kier alpha value is -3.65. The Labute approximate surface area is 235 Å². The molecule has 0 saturated carbocycles. The first-order valence-electron chi connectivity index (χ1n) is 12.2. The number of benzene rings is 1. The molecular weight excluding hydrogens is 550 g/mol. The van der Waals surface area contributed by atoms with Gasteiger partial charge in [0, 0.05) is 45.9 Å². The minimum absolute atomic E-state index is 0.283. The molecule has 1 N–H and O–H groups in total. The number of thioether (sulfide) groups is 1. The Kier molecular flexibility index (Phi) is 11.9. The third kappa shape index (κ3) is 9.23. The molecule has 1 saturated heterocycles. The first-order valence-corrected chi connectivity index (χ1v) is 13.0. The summed E-state index contributed by atoms with van der Waals surface area (Å²) in [4.78, 5) is 72.3. The first kappa shape index (κ1) is 32.6. The molecule has 14 heteroatoms. The van der Waals surface area contributed by atoms with Crippen molar-refractivity contribution in [2.75, 3.05) is 13.7 Å². The van der Waals surface area contributed by atoms with E-state index in [0.29, 0.717) is 4.90 Å². The Morgan fingerprint density at radius 3 is 2.08 bits per heavy atom. The fourth-order valence-electron chi connectivity index (χ4n) is 4.18. The van der Waals surface area contributed by atoms with E-state index in [-0.39, 0.29) is 6.42 Å². The van der Waals surface area contributed by atoms with Crippen molar-refractivity contribution in [1.29, 1.82) is 0 Å². The SMILES string of the molecule is COC(=O)[C@]1(Sc2ccccc2)C[C@H](OC(C)=O)[C@@H](NC(C)=O)[C@@H]([C@H](OC(C)=O)[C@@H](COC(C)=O)OC(C)=O)O1. The number of ether oxygens (including phenoxy) is 6. The monoisotopic (exact) mass is 583 g/mol. The Morgan fingerprint density at radius 2 is 1.57 bits per heavy atom. The topological polar surface area (TPSA) is 170 Å². The zero-order valence-corrected chi connectivity index (χ0v) is 23.8. The van der Waals surface area contributed by atoms with E-state index in [1.165, 1.54) is 6.92 Å². The molecule has 0 aromatic heterocycles. The van der Waals surface area contributed by atoms with Crippen LogP contribution >= 0.6 is 11.8 Å². The zero-order chi connectivity index (χ0) is 30.0. The average Bonchev–Trinajstić information content (AvgIpc) is 2.85. The van der Waals surface area contributed by atoms with Gasteiger partial charge < -0.3 is 33.7 Å². The summed E-state index contributed by atoms with van der Waals surface area (Å²) in [6.45, 7) is 5.07. The highest BCUT2D eigenvalue weighted by Gasteiger charge is 2.58. The predicted octanol–water partition coefficient (Wildman–Crippen LogP) is 1.30. The number of esters is 5. The van der Waals surface area contributed by atoms with Gasteiger partial charge in [-0.15, -0.1) is 0 Å². The maximum absolute atomic E-state index is 13.3. The highest BCUT2D eigenvalue weighted by molar-refractivity contribution is 8.01. The van der Waals surface area contributed by atoms with Crippen LogP contribution in [0.2, 0.25) is 0 Å². The van der Waals surface area contributed by atoms with Crippen LogP contribution in [-0.4, -0.2) is 84.9 Å². The van der Waals surface area contributed by atoms with Crippen molar-refractivity contribution < 1.29 is 57.2 Å². The number of nitrogens with one attached hydrogen (secondary N) is 1. The summed E-state index contributed by atoms with van der Waals surface area (Å²) in [7, 11) is 1.14. The molecule has 0 spiro atoms. The van der Waals surface area contributed by atoms with Gasteiger partial charge in [0.1, 0.15) is 18.8 Å². The summed E-state index contributed by atoms with van der Waals surface area (Å²) in [6.07, 6.45) is -5.98. The summed E-state index contributed by atoms with van der Waals surface area (Å²) >= 11 is 0.946. The second kappa shape index (κ2) is 14.7. The predicted molar refractivity (Wildman–Crippen MR) is 137 cm³/mol. The van der Waals surface area contributed by atoms with Crippen LogP contribution in [0, 0.1) is 0 Å². The Bertz CT molecular complexity index is 1100. The van der Waals surface area contributed by atoms with Crippen LogP contribution in [0.3, 0.4) is 0 Å². The number of hydrogen-bond acceptors (Lipinski definition) is 13. The minimum Gasteiger partial charge on any atom is -0.466 e. The lowest BCUT2D eigenvalue weighted by molar-refractivity contribution is -0.224. The van der Waals surface area contributed by atoms with Crippen molar-refractivity contribution in [3.05, 3.63) is 30.3 Å². The average molecular weight is 584 g/mol. The number of carbonyl (C=O) groups excluding carboxylic acids is 6. The molecule has 1 aromatic rings. The van der Waals surface area contributed by atoms with Crippen molar-refractivity contribution in [3.63, 3.8) is 0 Å². The lowest BCUT2D eigenvalue weighted by Crippen LogP contribution is -2.68. The van der Waals surface area contributed by atoms with Gasteiger partial charge in [0.25, 0.3) is 0 Å². The number of rotatable bonds is 11. The lowest BCUT2D eigenvalue weighted by Gasteiger charge is -2.48. The molecule has 0 radical (unpaired) electrons. The van der Waals surface area contributed by atoms with Crippen molar-refractivity contribution in [2.24, 2.45) is 0 Å². The van der Waals surface area contributed by atoms with E-state index in [0.717, 1.165) is 46.6 Å². The van der Waals surface area contributed by atoms with E-state index < -0.39 is 77.8 Å². The summed E-state index contributed by atoms with van der Waals surface area (Å²) in [5, 5.41) is 2.63. The van der Waals surface area contributed by atoms with E-state index in [4.69, 9.17) is 28.4 Å². The molecule has 220 valence electrons. The number of hydrogen-bond donors (Lipinski definition) is 1. The summed E-state index contributed by atoms with van der Waals surface area (Å²) in [5.41, 5.74) is 0. The number of amides is 1.